The highest BCUT2D eigenvalue weighted by Crippen LogP contribution is 2.04. The van der Waals surface area contributed by atoms with E-state index in [1.54, 1.807) is 19.0 Å². The minimum Gasteiger partial charge on any atom is -0.466 e. The summed E-state index contributed by atoms with van der Waals surface area (Å²) in [5.74, 6) is 0.515. The second-order valence-electron chi connectivity index (χ2n) is 4.90. The molecule has 0 rings (SSSR count). The van der Waals surface area contributed by atoms with Crippen molar-refractivity contribution >= 4 is 11.9 Å². The molecule has 0 aliphatic heterocycles. The van der Waals surface area contributed by atoms with Crippen LogP contribution in [0.1, 0.15) is 46.0 Å². The normalized spacial score (nSPS) is 10.4. The SMILES string of the molecule is CC(C)CCOC(=O)CCCCC(=O)N(C)C. The molecule has 4 nitrogen and oxygen atoms in total. The summed E-state index contributed by atoms with van der Waals surface area (Å²) in [7, 11) is 3.48. The fraction of sp³-hybridized carbons (Fsp3) is 0.846. The number of unbranched alkanes of at least 4 members (excludes halogenated alkanes) is 1. The van der Waals surface area contributed by atoms with Gasteiger partial charge in [0.1, 0.15) is 0 Å². The molecule has 4 heteroatoms. The monoisotopic (exact) mass is 243 g/mol. The highest BCUT2D eigenvalue weighted by atomic mass is 16.5. The summed E-state index contributed by atoms with van der Waals surface area (Å²) in [5.41, 5.74) is 0. The molecule has 0 aromatic rings. The van der Waals surface area contributed by atoms with Crippen LogP contribution in [0.5, 0.6) is 0 Å². The third-order valence-corrected chi connectivity index (χ3v) is 2.48. The molecule has 1 amide bonds. The molecule has 0 saturated carbocycles. The van der Waals surface area contributed by atoms with Crippen LogP contribution in [0.2, 0.25) is 0 Å². The van der Waals surface area contributed by atoms with Gasteiger partial charge >= 0.3 is 5.97 Å². The fourth-order valence-electron chi connectivity index (χ4n) is 1.25. The number of carbonyl (C=O) groups excluding carboxylic acids is 2. The van der Waals surface area contributed by atoms with E-state index in [4.69, 9.17) is 4.74 Å². The summed E-state index contributed by atoms with van der Waals surface area (Å²) in [6, 6.07) is 0. The minimum atomic E-state index is -0.150. The number of hydrogen-bond acceptors (Lipinski definition) is 3. The highest BCUT2D eigenvalue weighted by Gasteiger charge is 2.06. The maximum Gasteiger partial charge on any atom is 0.305 e. The Balaban J connectivity index is 3.42. The molecule has 0 spiro atoms. The van der Waals surface area contributed by atoms with E-state index in [-0.39, 0.29) is 11.9 Å². The van der Waals surface area contributed by atoms with Crippen LogP contribution < -0.4 is 0 Å². The Labute approximate surface area is 104 Å². The predicted molar refractivity (Wildman–Crippen MR) is 67.6 cm³/mol. The van der Waals surface area contributed by atoms with Gasteiger partial charge in [0.15, 0.2) is 0 Å². The van der Waals surface area contributed by atoms with E-state index in [1.165, 1.54) is 0 Å². The van der Waals surface area contributed by atoms with Crippen LogP contribution in [-0.2, 0) is 14.3 Å². The third kappa shape index (κ3) is 9.85. The zero-order valence-electron chi connectivity index (χ0n) is 11.5. The Morgan fingerprint density at radius 2 is 1.71 bits per heavy atom. The molecular weight excluding hydrogens is 218 g/mol. The van der Waals surface area contributed by atoms with Gasteiger partial charge in [-0.3, -0.25) is 9.59 Å². The Morgan fingerprint density at radius 1 is 1.12 bits per heavy atom. The smallest absolute Gasteiger partial charge is 0.305 e. The number of hydrogen-bond donors (Lipinski definition) is 0. The molecule has 0 heterocycles. The van der Waals surface area contributed by atoms with Crippen LogP contribution >= 0.6 is 0 Å². The van der Waals surface area contributed by atoms with Crippen molar-refractivity contribution in [2.45, 2.75) is 46.0 Å². The van der Waals surface area contributed by atoms with Gasteiger partial charge in [-0.2, -0.15) is 0 Å². The van der Waals surface area contributed by atoms with Crippen LogP contribution in [0.25, 0.3) is 0 Å². The molecule has 0 saturated heterocycles. The van der Waals surface area contributed by atoms with Gasteiger partial charge in [0.2, 0.25) is 5.91 Å². The number of rotatable bonds is 8. The molecule has 0 unspecified atom stereocenters. The van der Waals surface area contributed by atoms with E-state index in [1.807, 2.05) is 0 Å². The van der Waals surface area contributed by atoms with E-state index in [2.05, 4.69) is 13.8 Å². The summed E-state index contributed by atoms with van der Waals surface area (Å²) in [5, 5.41) is 0. The number of carbonyl (C=O) groups is 2. The lowest BCUT2D eigenvalue weighted by molar-refractivity contribution is -0.144. The summed E-state index contributed by atoms with van der Waals surface area (Å²) < 4.78 is 5.07. The van der Waals surface area contributed by atoms with Crippen molar-refractivity contribution in [2.75, 3.05) is 20.7 Å². The molecule has 17 heavy (non-hydrogen) atoms. The van der Waals surface area contributed by atoms with E-state index >= 15 is 0 Å². The third-order valence-electron chi connectivity index (χ3n) is 2.48. The summed E-state index contributed by atoms with van der Waals surface area (Å²) >= 11 is 0. The lowest BCUT2D eigenvalue weighted by atomic mass is 10.1. The van der Waals surface area contributed by atoms with E-state index in [0.29, 0.717) is 25.4 Å². The highest BCUT2D eigenvalue weighted by molar-refractivity contribution is 5.75. The Hall–Kier alpha value is -1.06. The first-order chi connectivity index (χ1) is 7.93. The average Bonchev–Trinajstić information content (AvgIpc) is 2.23. The van der Waals surface area contributed by atoms with Crippen LogP contribution in [0.15, 0.2) is 0 Å². The Bertz CT molecular complexity index is 237. The zero-order chi connectivity index (χ0) is 13.3. The van der Waals surface area contributed by atoms with Gasteiger partial charge in [-0.1, -0.05) is 13.8 Å². The first kappa shape index (κ1) is 15.9. The van der Waals surface area contributed by atoms with Gasteiger partial charge in [-0.25, -0.2) is 0 Å². The maximum atomic E-state index is 11.3. The lowest BCUT2D eigenvalue weighted by Crippen LogP contribution is -2.21. The summed E-state index contributed by atoms with van der Waals surface area (Å²) in [6.45, 7) is 4.70. The van der Waals surface area contributed by atoms with Gasteiger partial charge in [-0.05, 0) is 25.2 Å². The second-order valence-corrected chi connectivity index (χ2v) is 4.90. The van der Waals surface area contributed by atoms with Crippen molar-refractivity contribution < 1.29 is 14.3 Å². The number of amides is 1. The Kier molecular flexibility index (Phi) is 8.46. The minimum absolute atomic E-state index is 0.109. The van der Waals surface area contributed by atoms with E-state index in [0.717, 1.165) is 19.3 Å². The first-order valence-corrected chi connectivity index (χ1v) is 6.29. The quantitative estimate of drug-likeness (QED) is 0.485. The van der Waals surface area contributed by atoms with Crippen molar-refractivity contribution in [3.63, 3.8) is 0 Å². The first-order valence-electron chi connectivity index (χ1n) is 6.29. The van der Waals surface area contributed by atoms with Gasteiger partial charge in [0.05, 0.1) is 6.61 Å². The number of ether oxygens (including phenoxy) is 1. The fourth-order valence-corrected chi connectivity index (χ4v) is 1.25. The van der Waals surface area contributed by atoms with Crippen LogP contribution in [0, 0.1) is 5.92 Å². The van der Waals surface area contributed by atoms with Gasteiger partial charge in [0.25, 0.3) is 0 Å². The molecule has 0 radical (unpaired) electrons. The second kappa shape index (κ2) is 9.02. The molecule has 0 aliphatic carbocycles. The maximum absolute atomic E-state index is 11.3. The van der Waals surface area contributed by atoms with Gasteiger partial charge < -0.3 is 9.64 Å². The summed E-state index contributed by atoms with van der Waals surface area (Å²) in [6.07, 6.45) is 3.30. The van der Waals surface area contributed by atoms with Crippen LogP contribution in [-0.4, -0.2) is 37.5 Å². The molecular formula is C13H25NO3. The van der Waals surface area contributed by atoms with Crippen molar-refractivity contribution in [2.24, 2.45) is 5.92 Å². The number of esters is 1. The average molecular weight is 243 g/mol. The van der Waals surface area contributed by atoms with Gasteiger partial charge in [-0.15, -0.1) is 0 Å². The van der Waals surface area contributed by atoms with Crippen LogP contribution in [0.4, 0.5) is 0 Å². The number of nitrogens with zero attached hydrogens (tertiary/aromatic N) is 1. The molecule has 0 aromatic heterocycles. The largest absolute Gasteiger partial charge is 0.466 e. The molecule has 0 bridgehead atoms. The van der Waals surface area contributed by atoms with Crippen molar-refractivity contribution in [3.8, 4) is 0 Å². The zero-order valence-corrected chi connectivity index (χ0v) is 11.5. The summed E-state index contributed by atoms with van der Waals surface area (Å²) in [4.78, 5) is 24.1. The van der Waals surface area contributed by atoms with E-state index < -0.39 is 0 Å². The molecule has 0 atom stereocenters. The van der Waals surface area contributed by atoms with Gasteiger partial charge in [0, 0.05) is 26.9 Å². The van der Waals surface area contributed by atoms with Crippen molar-refractivity contribution in [1.82, 2.24) is 4.90 Å². The predicted octanol–water partition coefficient (Wildman–Crippen LogP) is 2.22. The van der Waals surface area contributed by atoms with E-state index in [9.17, 15) is 9.59 Å². The Morgan fingerprint density at radius 3 is 2.24 bits per heavy atom. The molecule has 0 N–H and O–H groups in total. The lowest BCUT2D eigenvalue weighted by Gasteiger charge is -2.09. The van der Waals surface area contributed by atoms with Crippen LogP contribution in [0.3, 0.4) is 0 Å². The molecule has 0 aliphatic rings. The topological polar surface area (TPSA) is 46.6 Å². The molecule has 0 aromatic carbocycles. The van der Waals surface area contributed by atoms with Crippen molar-refractivity contribution in [3.05, 3.63) is 0 Å². The van der Waals surface area contributed by atoms with Crippen molar-refractivity contribution in [1.29, 1.82) is 0 Å². The molecule has 0 fully saturated rings. The molecule has 100 valence electrons. The standard InChI is InChI=1S/C13H25NO3/c1-11(2)9-10-17-13(16)8-6-5-7-12(15)14(3)4/h11H,5-10H2,1-4H3.